The lowest BCUT2D eigenvalue weighted by Gasteiger charge is -2.40. The van der Waals surface area contributed by atoms with Crippen LogP contribution < -0.4 is 10.6 Å². The number of amides is 3. The SMILES string of the molecule is CSCC[C@H](NC(C)=O)C(=O)N1CCC2(CCC(=O)N2)CC1. The average Bonchev–Trinajstić information content (AvgIpc) is 2.84. The van der Waals surface area contributed by atoms with Gasteiger partial charge in [0.15, 0.2) is 0 Å². The molecular weight excluding hydrogens is 302 g/mol. The van der Waals surface area contributed by atoms with Crippen molar-refractivity contribution in [1.82, 2.24) is 15.5 Å². The number of piperidine rings is 1. The number of hydrogen-bond acceptors (Lipinski definition) is 4. The third-order valence-electron chi connectivity index (χ3n) is 4.55. The fourth-order valence-corrected chi connectivity index (χ4v) is 3.73. The third kappa shape index (κ3) is 4.15. The lowest BCUT2D eigenvalue weighted by molar-refractivity contribution is -0.137. The van der Waals surface area contributed by atoms with Crippen molar-refractivity contribution < 1.29 is 14.4 Å². The van der Waals surface area contributed by atoms with Gasteiger partial charge in [0.2, 0.25) is 17.7 Å². The molecule has 0 aliphatic carbocycles. The molecule has 1 spiro atoms. The van der Waals surface area contributed by atoms with E-state index in [4.69, 9.17) is 0 Å². The smallest absolute Gasteiger partial charge is 0.245 e. The summed E-state index contributed by atoms with van der Waals surface area (Å²) in [6.07, 6.45) is 5.71. The largest absolute Gasteiger partial charge is 0.351 e. The van der Waals surface area contributed by atoms with E-state index in [0.29, 0.717) is 25.9 Å². The van der Waals surface area contributed by atoms with Crippen LogP contribution in [0.15, 0.2) is 0 Å². The van der Waals surface area contributed by atoms with E-state index in [0.717, 1.165) is 25.0 Å². The minimum Gasteiger partial charge on any atom is -0.351 e. The third-order valence-corrected chi connectivity index (χ3v) is 5.20. The van der Waals surface area contributed by atoms with Crippen LogP contribution in [0, 0.1) is 0 Å². The van der Waals surface area contributed by atoms with Gasteiger partial charge in [-0.3, -0.25) is 14.4 Å². The first-order valence-corrected chi connectivity index (χ1v) is 9.21. The number of carbonyl (C=O) groups is 3. The van der Waals surface area contributed by atoms with Crippen LogP contribution in [0.5, 0.6) is 0 Å². The van der Waals surface area contributed by atoms with E-state index in [1.54, 1.807) is 11.8 Å². The number of likely N-dealkylation sites (tertiary alicyclic amines) is 1. The molecule has 7 heteroatoms. The fraction of sp³-hybridized carbons (Fsp3) is 0.800. The number of rotatable bonds is 5. The van der Waals surface area contributed by atoms with Crippen LogP contribution in [0.2, 0.25) is 0 Å². The van der Waals surface area contributed by atoms with Crippen LogP contribution in [0.4, 0.5) is 0 Å². The molecule has 0 aromatic rings. The quantitative estimate of drug-likeness (QED) is 0.771. The Morgan fingerprint density at radius 3 is 2.55 bits per heavy atom. The first-order valence-electron chi connectivity index (χ1n) is 7.82. The molecule has 3 amide bonds. The second-order valence-electron chi connectivity index (χ2n) is 6.19. The Morgan fingerprint density at radius 2 is 2.05 bits per heavy atom. The second kappa shape index (κ2) is 7.35. The number of nitrogens with one attached hydrogen (secondary N) is 2. The molecule has 0 radical (unpaired) electrons. The summed E-state index contributed by atoms with van der Waals surface area (Å²) in [4.78, 5) is 37.2. The molecule has 2 rings (SSSR count). The lowest BCUT2D eigenvalue weighted by atomic mass is 9.86. The van der Waals surface area contributed by atoms with Crippen LogP contribution in [0.3, 0.4) is 0 Å². The highest BCUT2D eigenvalue weighted by Gasteiger charge is 2.41. The molecular formula is C15H25N3O3S. The number of thioether (sulfide) groups is 1. The molecule has 6 nitrogen and oxygen atoms in total. The zero-order valence-electron chi connectivity index (χ0n) is 13.3. The van der Waals surface area contributed by atoms with Crippen molar-refractivity contribution in [3.8, 4) is 0 Å². The molecule has 2 aliphatic rings. The van der Waals surface area contributed by atoms with Gasteiger partial charge in [0.05, 0.1) is 0 Å². The van der Waals surface area contributed by atoms with Gasteiger partial charge >= 0.3 is 0 Å². The summed E-state index contributed by atoms with van der Waals surface area (Å²) in [5.74, 6) is 0.792. The van der Waals surface area contributed by atoms with Crippen molar-refractivity contribution in [3.05, 3.63) is 0 Å². The zero-order valence-corrected chi connectivity index (χ0v) is 14.1. The van der Waals surface area contributed by atoms with E-state index in [1.165, 1.54) is 6.92 Å². The standard InChI is InChI=1S/C15H25N3O3S/c1-11(19)16-12(4-10-22-2)14(21)18-8-6-15(7-9-18)5-3-13(20)17-15/h12H,3-10H2,1-2H3,(H,16,19)(H,17,20)/t12-/m0/s1. The van der Waals surface area contributed by atoms with Crippen LogP contribution in [-0.2, 0) is 14.4 Å². The molecule has 0 saturated carbocycles. The number of nitrogens with zero attached hydrogens (tertiary/aromatic N) is 1. The van der Waals surface area contributed by atoms with Gasteiger partial charge in [-0.05, 0) is 37.7 Å². The summed E-state index contributed by atoms with van der Waals surface area (Å²) >= 11 is 1.67. The Labute approximate surface area is 135 Å². The summed E-state index contributed by atoms with van der Waals surface area (Å²) in [6.45, 7) is 2.74. The van der Waals surface area contributed by atoms with E-state index < -0.39 is 6.04 Å². The molecule has 2 saturated heterocycles. The molecule has 0 aromatic heterocycles. The molecule has 2 heterocycles. The minimum atomic E-state index is -0.433. The van der Waals surface area contributed by atoms with E-state index in [9.17, 15) is 14.4 Å². The minimum absolute atomic E-state index is 0.00317. The molecule has 0 aromatic carbocycles. The van der Waals surface area contributed by atoms with E-state index in [2.05, 4.69) is 10.6 Å². The molecule has 124 valence electrons. The van der Waals surface area contributed by atoms with Gasteiger partial charge < -0.3 is 15.5 Å². The Hall–Kier alpha value is -1.24. The molecule has 2 fully saturated rings. The van der Waals surface area contributed by atoms with Gasteiger partial charge in [0.1, 0.15) is 6.04 Å². The van der Waals surface area contributed by atoms with Gasteiger partial charge in [-0.15, -0.1) is 0 Å². The molecule has 0 bridgehead atoms. The summed E-state index contributed by atoms with van der Waals surface area (Å²) in [5, 5.41) is 5.84. The van der Waals surface area contributed by atoms with Gasteiger partial charge in [0.25, 0.3) is 0 Å². The molecule has 1 atom stereocenters. The number of carbonyl (C=O) groups excluding carboxylic acids is 3. The summed E-state index contributed by atoms with van der Waals surface area (Å²) in [7, 11) is 0. The normalized spacial score (nSPS) is 21.5. The fourth-order valence-electron chi connectivity index (χ4n) is 3.26. The maximum Gasteiger partial charge on any atom is 0.245 e. The van der Waals surface area contributed by atoms with Crippen molar-refractivity contribution in [3.63, 3.8) is 0 Å². The van der Waals surface area contributed by atoms with Crippen LogP contribution in [0.1, 0.15) is 39.0 Å². The van der Waals surface area contributed by atoms with Crippen molar-refractivity contribution in [2.45, 2.75) is 50.6 Å². The predicted octanol–water partition coefficient (Wildman–Crippen LogP) is 0.515. The van der Waals surface area contributed by atoms with Gasteiger partial charge in [-0.1, -0.05) is 0 Å². The van der Waals surface area contributed by atoms with Gasteiger partial charge in [-0.25, -0.2) is 0 Å². The average molecular weight is 327 g/mol. The summed E-state index contributed by atoms with van der Waals surface area (Å²) < 4.78 is 0. The van der Waals surface area contributed by atoms with Gasteiger partial charge in [0, 0.05) is 32.0 Å². The number of hydrogen-bond donors (Lipinski definition) is 2. The van der Waals surface area contributed by atoms with E-state index >= 15 is 0 Å². The summed E-state index contributed by atoms with van der Waals surface area (Å²) in [5.41, 5.74) is -0.101. The summed E-state index contributed by atoms with van der Waals surface area (Å²) in [6, 6.07) is -0.433. The Balaban J connectivity index is 1.91. The van der Waals surface area contributed by atoms with Crippen LogP contribution in [-0.4, -0.2) is 59.3 Å². The second-order valence-corrected chi connectivity index (χ2v) is 7.17. The van der Waals surface area contributed by atoms with E-state index in [-0.39, 0.29) is 23.3 Å². The highest BCUT2D eigenvalue weighted by atomic mass is 32.2. The first-order chi connectivity index (χ1) is 10.5. The van der Waals surface area contributed by atoms with Crippen molar-refractivity contribution >= 4 is 29.5 Å². The van der Waals surface area contributed by atoms with Gasteiger partial charge in [-0.2, -0.15) is 11.8 Å². The molecule has 22 heavy (non-hydrogen) atoms. The monoisotopic (exact) mass is 327 g/mol. The predicted molar refractivity (Wildman–Crippen MR) is 86.5 cm³/mol. The van der Waals surface area contributed by atoms with Crippen molar-refractivity contribution in [2.24, 2.45) is 0 Å². The Morgan fingerprint density at radius 1 is 1.36 bits per heavy atom. The maximum absolute atomic E-state index is 12.6. The topological polar surface area (TPSA) is 78.5 Å². The zero-order chi connectivity index (χ0) is 16.2. The van der Waals surface area contributed by atoms with Crippen molar-refractivity contribution in [1.29, 1.82) is 0 Å². The maximum atomic E-state index is 12.6. The molecule has 2 aliphatic heterocycles. The molecule has 0 unspecified atom stereocenters. The first kappa shape index (κ1) is 17.1. The van der Waals surface area contributed by atoms with Crippen LogP contribution in [0.25, 0.3) is 0 Å². The van der Waals surface area contributed by atoms with Crippen LogP contribution >= 0.6 is 11.8 Å². The Bertz CT molecular complexity index is 447. The molecule has 2 N–H and O–H groups in total. The Kier molecular flexibility index (Phi) is 5.72. The van der Waals surface area contributed by atoms with Crippen molar-refractivity contribution in [2.75, 3.05) is 25.1 Å². The lowest BCUT2D eigenvalue weighted by Crippen LogP contribution is -2.56. The van der Waals surface area contributed by atoms with E-state index in [1.807, 2.05) is 11.2 Å². The highest BCUT2D eigenvalue weighted by Crippen LogP contribution is 2.31. The highest BCUT2D eigenvalue weighted by molar-refractivity contribution is 7.98.